The van der Waals surface area contributed by atoms with Crippen LogP contribution in [-0.2, 0) is 7.05 Å². The van der Waals surface area contributed by atoms with Gasteiger partial charge in [0, 0.05) is 19.3 Å². The average molecular weight is 276 g/mol. The molecule has 2 aromatic heterocycles. The number of nitrogens with one attached hydrogen (secondary N) is 1. The van der Waals surface area contributed by atoms with Gasteiger partial charge in [-0.1, -0.05) is 0 Å². The molecule has 1 N–H and O–H groups in total. The number of carbonyl (C=O) groups excluding carboxylic acids is 1. The molecule has 108 valence electrons. The molecule has 0 saturated heterocycles. The maximum absolute atomic E-state index is 12.2. The number of hydrogen-bond donors (Lipinski definition) is 1. The Kier molecular flexibility index (Phi) is 4.24. The van der Waals surface area contributed by atoms with Gasteiger partial charge in [-0.2, -0.15) is 5.10 Å². The van der Waals surface area contributed by atoms with E-state index in [9.17, 15) is 4.79 Å². The van der Waals surface area contributed by atoms with Gasteiger partial charge in [-0.15, -0.1) is 0 Å². The van der Waals surface area contributed by atoms with Crippen molar-refractivity contribution in [1.29, 1.82) is 0 Å². The van der Waals surface area contributed by atoms with Crippen molar-refractivity contribution in [1.82, 2.24) is 20.0 Å². The molecule has 0 spiro atoms. The Bertz CT molecular complexity index is 572. The van der Waals surface area contributed by atoms with Crippen molar-refractivity contribution in [2.75, 3.05) is 20.6 Å². The van der Waals surface area contributed by atoms with Crippen molar-refractivity contribution in [3.63, 3.8) is 0 Å². The SMILES string of the molecule is Cc1c(C(=O)NC[C@@H](c2ccco2)N(C)C)cnn1C. The summed E-state index contributed by atoms with van der Waals surface area (Å²) >= 11 is 0. The van der Waals surface area contributed by atoms with Gasteiger partial charge in [0.15, 0.2) is 0 Å². The molecule has 0 aliphatic heterocycles. The molecule has 6 heteroatoms. The van der Waals surface area contributed by atoms with Gasteiger partial charge in [0.2, 0.25) is 0 Å². The fourth-order valence-electron chi connectivity index (χ4n) is 2.02. The van der Waals surface area contributed by atoms with Crippen LogP contribution in [0.5, 0.6) is 0 Å². The Balaban J connectivity index is 2.03. The zero-order valence-corrected chi connectivity index (χ0v) is 12.3. The quantitative estimate of drug-likeness (QED) is 0.895. The number of rotatable bonds is 5. The molecular weight excluding hydrogens is 256 g/mol. The standard InChI is InChI=1S/C14H20N4O2/c1-10-11(8-16-18(10)4)14(19)15-9-12(17(2)3)13-6-5-7-20-13/h5-8,12H,9H2,1-4H3,(H,15,19)/t12-/m0/s1. The highest BCUT2D eigenvalue weighted by Gasteiger charge is 2.19. The number of amides is 1. The summed E-state index contributed by atoms with van der Waals surface area (Å²) in [5.41, 5.74) is 1.45. The molecule has 0 fully saturated rings. The molecule has 0 bridgehead atoms. The van der Waals surface area contributed by atoms with Gasteiger partial charge >= 0.3 is 0 Å². The minimum atomic E-state index is -0.117. The first-order valence-electron chi connectivity index (χ1n) is 6.47. The summed E-state index contributed by atoms with van der Waals surface area (Å²) in [6.45, 7) is 2.35. The molecule has 0 radical (unpaired) electrons. The normalized spacial score (nSPS) is 12.7. The highest BCUT2D eigenvalue weighted by Crippen LogP contribution is 2.17. The van der Waals surface area contributed by atoms with E-state index in [4.69, 9.17) is 4.42 Å². The summed E-state index contributed by atoms with van der Waals surface area (Å²) in [4.78, 5) is 14.2. The predicted molar refractivity (Wildman–Crippen MR) is 75.4 cm³/mol. The Hall–Kier alpha value is -2.08. The van der Waals surface area contributed by atoms with Gasteiger partial charge < -0.3 is 9.73 Å². The third-order valence-corrected chi connectivity index (χ3v) is 3.43. The first-order chi connectivity index (χ1) is 9.50. The average Bonchev–Trinajstić information content (AvgIpc) is 3.01. The fraction of sp³-hybridized carbons (Fsp3) is 0.429. The molecule has 20 heavy (non-hydrogen) atoms. The Labute approximate surface area is 118 Å². The molecule has 6 nitrogen and oxygen atoms in total. The first kappa shape index (κ1) is 14.3. The zero-order valence-electron chi connectivity index (χ0n) is 12.3. The third-order valence-electron chi connectivity index (χ3n) is 3.43. The maximum Gasteiger partial charge on any atom is 0.254 e. The molecule has 2 aromatic rings. The van der Waals surface area contributed by atoms with E-state index in [0.717, 1.165) is 11.5 Å². The van der Waals surface area contributed by atoms with E-state index in [1.54, 1.807) is 17.1 Å². The van der Waals surface area contributed by atoms with Gasteiger partial charge in [-0.25, -0.2) is 0 Å². The number of aryl methyl sites for hydroxylation is 1. The Morgan fingerprint density at radius 2 is 2.30 bits per heavy atom. The monoisotopic (exact) mass is 276 g/mol. The van der Waals surface area contributed by atoms with Crippen LogP contribution in [0.1, 0.15) is 27.9 Å². The lowest BCUT2D eigenvalue weighted by atomic mass is 10.2. The first-order valence-corrected chi connectivity index (χ1v) is 6.47. The molecule has 0 aliphatic rings. The van der Waals surface area contributed by atoms with Crippen molar-refractivity contribution >= 4 is 5.91 Å². The molecule has 0 aromatic carbocycles. The minimum absolute atomic E-state index is 0.00549. The van der Waals surface area contributed by atoms with Crippen LogP contribution in [0.3, 0.4) is 0 Å². The van der Waals surface area contributed by atoms with E-state index in [2.05, 4.69) is 10.4 Å². The van der Waals surface area contributed by atoms with Crippen molar-refractivity contribution in [3.8, 4) is 0 Å². The summed E-state index contributed by atoms with van der Waals surface area (Å²) in [7, 11) is 5.72. The smallest absolute Gasteiger partial charge is 0.254 e. The summed E-state index contributed by atoms with van der Waals surface area (Å²) in [5, 5.41) is 7.01. The van der Waals surface area contributed by atoms with Crippen LogP contribution < -0.4 is 5.32 Å². The fourth-order valence-corrected chi connectivity index (χ4v) is 2.02. The van der Waals surface area contributed by atoms with Crippen LogP contribution >= 0.6 is 0 Å². The third kappa shape index (κ3) is 2.91. The Morgan fingerprint density at radius 3 is 2.80 bits per heavy atom. The number of aromatic nitrogens is 2. The summed E-state index contributed by atoms with van der Waals surface area (Å²) < 4.78 is 7.10. The van der Waals surface area contributed by atoms with Crippen molar-refractivity contribution in [2.45, 2.75) is 13.0 Å². The minimum Gasteiger partial charge on any atom is -0.468 e. The largest absolute Gasteiger partial charge is 0.468 e. The van der Waals surface area contributed by atoms with Gasteiger partial charge in [0.25, 0.3) is 5.91 Å². The lowest BCUT2D eigenvalue weighted by Gasteiger charge is -2.22. The topological polar surface area (TPSA) is 63.3 Å². The van der Waals surface area contributed by atoms with Crippen LogP contribution in [0.25, 0.3) is 0 Å². The van der Waals surface area contributed by atoms with Gasteiger partial charge in [-0.05, 0) is 33.2 Å². The lowest BCUT2D eigenvalue weighted by Crippen LogP contribution is -2.34. The second kappa shape index (κ2) is 5.92. The number of carbonyl (C=O) groups is 1. The summed E-state index contributed by atoms with van der Waals surface area (Å²) in [5.74, 6) is 0.715. The second-order valence-corrected chi connectivity index (χ2v) is 4.97. The molecule has 0 unspecified atom stereocenters. The van der Waals surface area contributed by atoms with Gasteiger partial charge in [0.1, 0.15) is 5.76 Å². The van der Waals surface area contributed by atoms with Gasteiger partial charge in [0.05, 0.1) is 24.1 Å². The maximum atomic E-state index is 12.2. The molecular formula is C14H20N4O2. The van der Waals surface area contributed by atoms with Crippen molar-refractivity contribution < 1.29 is 9.21 Å². The van der Waals surface area contributed by atoms with E-state index >= 15 is 0 Å². The molecule has 0 saturated carbocycles. The molecule has 2 rings (SSSR count). The highest BCUT2D eigenvalue weighted by molar-refractivity contribution is 5.95. The lowest BCUT2D eigenvalue weighted by molar-refractivity contribution is 0.0938. The van der Waals surface area contributed by atoms with Crippen LogP contribution in [-0.4, -0.2) is 41.2 Å². The van der Waals surface area contributed by atoms with E-state index < -0.39 is 0 Å². The van der Waals surface area contributed by atoms with Crippen molar-refractivity contribution in [2.24, 2.45) is 7.05 Å². The summed E-state index contributed by atoms with van der Waals surface area (Å²) in [6, 6.07) is 3.76. The van der Waals surface area contributed by atoms with Crippen LogP contribution in [0.2, 0.25) is 0 Å². The van der Waals surface area contributed by atoms with E-state index in [1.165, 1.54) is 0 Å². The van der Waals surface area contributed by atoms with Crippen LogP contribution in [0, 0.1) is 6.92 Å². The van der Waals surface area contributed by atoms with Crippen LogP contribution in [0.4, 0.5) is 0 Å². The van der Waals surface area contributed by atoms with E-state index in [-0.39, 0.29) is 11.9 Å². The van der Waals surface area contributed by atoms with E-state index in [0.29, 0.717) is 12.1 Å². The molecule has 0 aliphatic carbocycles. The molecule has 1 amide bonds. The number of likely N-dealkylation sites (N-methyl/N-ethyl adjacent to an activating group) is 1. The van der Waals surface area contributed by atoms with Crippen LogP contribution in [0.15, 0.2) is 29.0 Å². The predicted octanol–water partition coefficient (Wildman–Crippen LogP) is 1.35. The zero-order chi connectivity index (χ0) is 14.7. The molecule has 2 heterocycles. The Morgan fingerprint density at radius 1 is 1.55 bits per heavy atom. The highest BCUT2D eigenvalue weighted by atomic mass is 16.3. The molecule has 1 atom stereocenters. The number of furan rings is 1. The van der Waals surface area contributed by atoms with E-state index in [1.807, 2.05) is 45.1 Å². The summed E-state index contributed by atoms with van der Waals surface area (Å²) in [6.07, 6.45) is 3.22. The number of hydrogen-bond acceptors (Lipinski definition) is 4. The second-order valence-electron chi connectivity index (χ2n) is 4.97. The van der Waals surface area contributed by atoms with Crippen molar-refractivity contribution in [3.05, 3.63) is 41.6 Å². The number of nitrogens with zero attached hydrogens (tertiary/aromatic N) is 3. The van der Waals surface area contributed by atoms with Gasteiger partial charge in [-0.3, -0.25) is 14.4 Å².